The third-order valence-corrected chi connectivity index (χ3v) is 4.43. The zero-order chi connectivity index (χ0) is 13.4. The number of hydrogen-bond acceptors (Lipinski definition) is 1. The van der Waals surface area contributed by atoms with E-state index in [9.17, 15) is 0 Å². The van der Waals surface area contributed by atoms with Gasteiger partial charge >= 0.3 is 0 Å². The molecule has 1 aliphatic carbocycles. The summed E-state index contributed by atoms with van der Waals surface area (Å²) in [5.41, 5.74) is 6.61. The van der Waals surface area contributed by atoms with Crippen molar-refractivity contribution in [2.45, 2.75) is 12.8 Å². The lowest BCUT2D eigenvalue weighted by Gasteiger charge is -2.08. The van der Waals surface area contributed by atoms with E-state index in [-0.39, 0.29) is 0 Å². The van der Waals surface area contributed by atoms with Gasteiger partial charge in [0.05, 0.1) is 6.26 Å². The normalized spacial score (nSPS) is 12.7. The summed E-state index contributed by atoms with van der Waals surface area (Å²) in [5, 5.41) is 8.86. The van der Waals surface area contributed by atoms with E-state index in [2.05, 4.69) is 62.2 Å². The van der Waals surface area contributed by atoms with Gasteiger partial charge in [-0.1, -0.05) is 37.9 Å². The molecule has 3 heteroatoms. The van der Waals surface area contributed by atoms with Crippen LogP contribution in [0, 0.1) is 0 Å². The van der Waals surface area contributed by atoms with Crippen molar-refractivity contribution >= 4 is 31.9 Å². The minimum Gasteiger partial charge on any atom is -0.516 e. The highest BCUT2D eigenvalue weighted by Crippen LogP contribution is 2.41. The second-order valence-corrected chi connectivity index (χ2v) is 6.49. The van der Waals surface area contributed by atoms with Gasteiger partial charge < -0.3 is 5.11 Å². The Morgan fingerprint density at radius 1 is 1.05 bits per heavy atom. The van der Waals surface area contributed by atoms with Crippen molar-refractivity contribution in [1.82, 2.24) is 0 Å². The van der Waals surface area contributed by atoms with Gasteiger partial charge in [-0.2, -0.15) is 0 Å². The Morgan fingerprint density at radius 3 is 2.63 bits per heavy atom. The van der Waals surface area contributed by atoms with Crippen molar-refractivity contribution in [1.29, 1.82) is 0 Å². The van der Waals surface area contributed by atoms with Crippen LogP contribution >= 0.6 is 31.9 Å². The van der Waals surface area contributed by atoms with Crippen LogP contribution in [-0.4, -0.2) is 5.11 Å². The van der Waals surface area contributed by atoms with Gasteiger partial charge in [-0.15, -0.1) is 0 Å². The van der Waals surface area contributed by atoms with Crippen LogP contribution in [0.15, 0.2) is 51.6 Å². The molecule has 3 rings (SSSR count). The average molecular weight is 380 g/mol. The number of aliphatic hydroxyl groups excluding tert-OH is 1. The van der Waals surface area contributed by atoms with Crippen LogP contribution < -0.4 is 0 Å². The molecule has 0 aliphatic heterocycles. The maximum Gasteiger partial charge on any atom is 0.0755 e. The largest absolute Gasteiger partial charge is 0.516 e. The third kappa shape index (κ3) is 2.37. The molecule has 0 radical (unpaired) electrons. The second-order valence-electron chi connectivity index (χ2n) is 4.66. The van der Waals surface area contributed by atoms with Gasteiger partial charge in [0.1, 0.15) is 0 Å². The molecule has 2 aromatic rings. The molecule has 0 atom stereocenters. The van der Waals surface area contributed by atoms with Gasteiger partial charge in [0.2, 0.25) is 0 Å². The van der Waals surface area contributed by atoms with Crippen LogP contribution in [0.4, 0.5) is 0 Å². The average Bonchev–Trinajstić information content (AvgIpc) is 2.74. The molecular weight excluding hydrogens is 368 g/mol. The van der Waals surface area contributed by atoms with Gasteiger partial charge in [-0.05, 0) is 71.0 Å². The fraction of sp³-hybridized carbons (Fsp3) is 0.125. The van der Waals surface area contributed by atoms with Crippen LogP contribution in [0.1, 0.15) is 16.7 Å². The molecule has 1 nitrogen and oxygen atoms in total. The lowest BCUT2D eigenvalue weighted by Crippen LogP contribution is -1.91. The Bertz CT molecular complexity index is 675. The summed E-state index contributed by atoms with van der Waals surface area (Å²) in [6.07, 6.45) is 4.63. The summed E-state index contributed by atoms with van der Waals surface area (Å²) in [4.78, 5) is 0. The van der Waals surface area contributed by atoms with Crippen LogP contribution in [0.2, 0.25) is 0 Å². The maximum absolute atomic E-state index is 8.86. The van der Waals surface area contributed by atoms with E-state index in [1.54, 1.807) is 6.08 Å². The van der Waals surface area contributed by atoms with Crippen molar-refractivity contribution in [3.8, 4) is 11.1 Å². The third-order valence-electron chi connectivity index (χ3n) is 3.48. The standard InChI is InChI=1S/C16H12Br2O/c17-12-4-3-11-7-14-10(2-1-5-19)6-13(18)9-16(14)15(11)8-12/h1,3-6,8-9,19H,2,7H2. The van der Waals surface area contributed by atoms with Crippen LogP contribution in [-0.2, 0) is 12.8 Å². The molecule has 0 fully saturated rings. The van der Waals surface area contributed by atoms with Crippen molar-refractivity contribution in [2.24, 2.45) is 0 Å². The zero-order valence-electron chi connectivity index (χ0n) is 10.2. The Kier molecular flexibility index (Phi) is 3.50. The van der Waals surface area contributed by atoms with Crippen molar-refractivity contribution in [3.63, 3.8) is 0 Å². The highest BCUT2D eigenvalue weighted by molar-refractivity contribution is 9.10. The first kappa shape index (κ1) is 12.9. The number of hydrogen-bond donors (Lipinski definition) is 1. The quantitative estimate of drug-likeness (QED) is 0.591. The second kappa shape index (κ2) is 5.14. The molecule has 19 heavy (non-hydrogen) atoms. The summed E-state index contributed by atoms with van der Waals surface area (Å²) in [6, 6.07) is 10.8. The molecule has 0 bridgehead atoms. The molecule has 0 heterocycles. The predicted molar refractivity (Wildman–Crippen MR) is 85.6 cm³/mol. The molecule has 0 amide bonds. The minimum absolute atomic E-state index is 0.757. The lowest BCUT2D eigenvalue weighted by atomic mass is 9.99. The zero-order valence-corrected chi connectivity index (χ0v) is 13.3. The van der Waals surface area contributed by atoms with E-state index in [1.807, 2.05) is 0 Å². The van der Waals surface area contributed by atoms with Gasteiger partial charge in [-0.25, -0.2) is 0 Å². The number of benzene rings is 2. The van der Waals surface area contributed by atoms with E-state index in [0.717, 1.165) is 28.0 Å². The first-order valence-electron chi connectivity index (χ1n) is 6.08. The Balaban J connectivity index is 2.17. The Labute approximate surface area is 129 Å². The topological polar surface area (TPSA) is 20.2 Å². The van der Waals surface area contributed by atoms with E-state index in [4.69, 9.17) is 5.11 Å². The fourth-order valence-electron chi connectivity index (χ4n) is 2.65. The molecule has 0 spiro atoms. The summed E-state index contributed by atoms with van der Waals surface area (Å²) in [5.74, 6) is 0. The van der Waals surface area contributed by atoms with Crippen molar-refractivity contribution in [2.75, 3.05) is 0 Å². The molecule has 0 saturated carbocycles. The SMILES string of the molecule is OC=CCc1cc(Br)cc2c1Cc1ccc(Br)cc1-2. The highest BCUT2D eigenvalue weighted by Gasteiger charge is 2.21. The minimum atomic E-state index is 0.757. The van der Waals surface area contributed by atoms with E-state index >= 15 is 0 Å². The number of fused-ring (bicyclic) bond motifs is 3. The van der Waals surface area contributed by atoms with Crippen molar-refractivity contribution < 1.29 is 5.11 Å². The van der Waals surface area contributed by atoms with Crippen molar-refractivity contribution in [3.05, 3.63) is 68.3 Å². The first-order valence-corrected chi connectivity index (χ1v) is 7.67. The predicted octanol–water partition coefficient (Wildman–Crippen LogP) is 5.40. The van der Waals surface area contributed by atoms with Crippen LogP contribution in [0.5, 0.6) is 0 Å². The molecule has 1 N–H and O–H groups in total. The van der Waals surface area contributed by atoms with E-state index in [1.165, 1.54) is 27.8 Å². The number of aliphatic hydroxyl groups is 1. The van der Waals surface area contributed by atoms with Gasteiger partial charge in [0, 0.05) is 8.95 Å². The summed E-state index contributed by atoms with van der Waals surface area (Å²) in [7, 11) is 0. The smallest absolute Gasteiger partial charge is 0.0755 e. The van der Waals surface area contributed by atoms with E-state index < -0.39 is 0 Å². The summed E-state index contributed by atoms with van der Waals surface area (Å²) >= 11 is 7.12. The maximum atomic E-state index is 8.86. The lowest BCUT2D eigenvalue weighted by molar-refractivity contribution is 0.471. The first-order chi connectivity index (χ1) is 9.19. The van der Waals surface area contributed by atoms with Gasteiger partial charge in [0.25, 0.3) is 0 Å². The molecular formula is C16H12Br2O. The molecule has 0 unspecified atom stereocenters. The summed E-state index contributed by atoms with van der Waals surface area (Å²) < 4.78 is 2.19. The van der Waals surface area contributed by atoms with E-state index in [0.29, 0.717) is 0 Å². The number of allylic oxidation sites excluding steroid dienone is 1. The number of rotatable bonds is 2. The molecule has 96 valence electrons. The Morgan fingerprint density at radius 2 is 1.84 bits per heavy atom. The van der Waals surface area contributed by atoms with Gasteiger partial charge in [0.15, 0.2) is 0 Å². The van der Waals surface area contributed by atoms with Crippen LogP contribution in [0.25, 0.3) is 11.1 Å². The van der Waals surface area contributed by atoms with Crippen LogP contribution in [0.3, 0.4) is 0 Å². The van der Waals surface area contributed by atoms with Gasteiger partial charge in [-0.3, -0.25) is 0 Å². The molecule has 1 aliphatic rings. The monoisotopic (exact) mass is 378 g/mol. The Hall–Kier alpha value is -1.06. The number of halogens is 2. The summed E-state index contributed by atoms with van der Waals surface area (Å²) in [6.45, 7) is 0. The highest BCUT2D eigenvalue weighted by atomic mass is 79.9. The molecule has 2 aromatic carbocycles. The fourth-order valence-corrected chi connectivity index (χ4v) is 3.51. The molecule has 0 aromatic heterocycles. The molecule has 0 saturated heterocycles.